The Morgan fingerprint density at radius 2 is 1.77 bits per heavy atom. The van der Waals surface area contributed by atoms with Gasteiger partial charge in [0, 0.05) is 6.61 Å². The van der Waals surface area contributed by atoms with Crippen molar-refractivity contribution in [1.29, 1.82) is 0 Å². The molecule has 3 rings (SSSR count). The first-order valence-electron chi connectivity index (χ1n) is 7.58. The van der Waals surface area contributed by atoms with Gasteiger partial charge < -0.3 is 4.74 Å². The summed E-state index contributed by atoms with van der Waals surface area (Å²) >= 11 is 0. The predicted molar refractivity (Wildman–Crippen MR) is 86.1 cm³/mol. The molecule has 1 amide bonds. The smallest absolute Gasteiger partial charge is 0.244 e. The van der Waals surface area contributed by atoms with Crippen molar-refractivity contribution >= 4 is 11.6 Å². The molecule has 0 radical (unpaired) electrons. The monoisotopic (exact) mass is 296 g/mol. The molecule has 1 atom stereocenters. The Morgan fingerprint density at radius 1 is 1.09 bits per heavy atom. The minimum absolute atomic E-state index is 0.0253. The number of nitrogens with zero attached hydrogens (tertiary/aromatic N) is 1. The maximum Gasteiger partial charge on any atom is 0.244 e. The first-order valence-corrected chi connectivity index (χ1v) is 7.58. The van der Waals surface area contributed by atoms with E-state index in [1.807, 2.05) is 53.5 Å². The second-order valence-electron chi connectivity index (χ2n) is 5.44. The number of hydrogen-bond acceptors (Lipinski definition) is 3. The van der Waals surface area contributed by atoms with Crippen LogP contribution in [0.25, 0.3) is 0 Å². The maximum atomic E-state index is 12.4. The van der Waals surface area contributed by atoms with Crippen LogP contribution < -0.4 is 10.4 Å². The van der Waals surface area contributed by atoms with Gasteiger partial charge in [-0.2, -0.15) is 0 Å². The molecule has 4 nitrogen and oxygen atoms in total. The fourth-order valence-corrected chi connectivity index (χ4v) is 2.53. The number of carbonyl (C=O) groups excluding carboxylic acids is 1. The third-order valence-corrected chi connectivity index (χ3v) is 3.80. The summed E-state index contributed by atoms with van der Waals surface area (Å²) in [6.07, 6.45) is 0.791. The Hall–Kier alpha value is -2.33. The SMILES string of the molecule is O=C(NN(Cc1ccccc1)c1ccccc1)[C@H]1CCOC1. The Labute approximate surface area is 130 Å². The second kappa shape index (κ2) is 7.09. The lowest BCUT2D eigenvalue weighted by Crippen LogP contribution is -2.45. The van der Waals surface area contributed by atoms with Crippen molar-refractivity contribution < 1.29 is 9.53 Å². The van der Waals surface area contributed by atoms with Gasteiger partial charge in [-0.15, -0.1) is 0 Å². The van der Waals surface area contributed by atoms with Crippen LogP contribution in [0.4, 0.5) is 5.69 Å². The van der Waals surface area contributed by atoms with E-state index >= 15 is 0 Å². The normalized spacial score (nSPS) is 17.2. The van der Waals surface area contributed by atoms with Crippen LogP contribution in [0, 0.1) is 5.92 Å². The van der Waals surface area contributed by atoms with E-state index in [0.717, 1.165) is 17.7 Å². The fraction of sp³-hybridized carbons (Fsp3) is 0.278. The quantitative estimate of drug-likeness (QED) is 0.863. The first-order chi connectivity index (χ1) is 10.8. The van der Waals surface area contributed by atoms with Crippen molar-refractivity contribution in [3.8, 4) is 0 Å². The molecule has 114 valence electrons. The Kier molecular flexibility index (Phi) is 4.71. The number of carbonyl (C=O) groups is 1. The van der Waals surface area contributed by atoms with Gasteiger partial charge in [0.05, 0.1) is 24.8 Å². The average molecular weight is 296 g/mol. The van der Waals surface area contributed by atoms with Gasteiger partial charge >= 0.3 is 0 Å². The van der Waals surface area contributed by atoms with Crippen LogP contribution in [0.1, 0.15) is 12.0 Å². The number of amides is 1. The number of hydrazine groups is 1. The molecule has 0 aliphatic carbocycles. The van der Waals surface area contributed by atoms with Crippen LogP contribution in [0.15, 0.2) is 60.7 Å². The first kappa shape index (κ1) is 14.6. The number of rotatable bonds is 5. The van der Waals surface area contributed by atoms with Crippen LogP contribution >= 0.6 is 0 Å². The molecule has 2 aromatic rings. The topological polar surface area (TPSA) is 41.6 Å². The maximum absolute atomic E-state index is 12.4. The van der Waals surface area contributed by atoms with Crippen molar-refractivity contribution in [2.75, 3.05) is 18.2 Å². The molecule has 0 spiro atoms. The zero-order valence-corrected chi connectivity index (χ0v) is 12.4. The van der Waals surface area contributed by atoms with E-state index < -0.39 is 0 Å². The van der Waals surface area contributed by atoms with Crippen molar-refractivity contribution in [3.05, 3.63) is 66.2 Å². The summed E-state index contributed by atoms with van der Waals surface area (Å²) in [6, 6.07) is 20.0. The Balaban J connectivity index is 1.75. The molecular formula is C18H20N2O2. The highest BCUT2D eigenvalue weighted by atomic mass is 16.5. The summed E-state index contributed by atoms with van der Waals surface area (Å²) in [4.78, 5) is 12.4. The molecule has 1 N–H and O–H groups in total. The summed E-state index contributed by atoms with van der Waals surface area (Å²) in [6.45, 7) is 1.81. The zero-order chi connectivity index (χ0) is 15.2. The van der Waals surface area contributed by atoms with Crippen molar-refractivity contribution in [2.24, 2.45) is 5.92 Å². The van der Waals surface area contributed by atoms with E-state index in [9.17, 15) is 4.79 Å². The van der Waals surface area contributed by atoms with Gasteiger partial charge in [0.15, 0.2) is 0 Å². The van der Waals surface area contributed by atoms with E-state index in [2.05, 4.69) is 17.6 Å². The summed E-state index contributed by atoms with van der Waals surface area (Å²) < 4.78 is 5.30. The van der Waals surface area contributed by atoms with Gasteiger partial charge in [-0.1, -0.05) is 48.5 Å². The Morgan fingerprint density at radius 3 is 2.41 bits per heavy atom. The van der Waals surface area contributed by atoms with Gasteiger partial charge in [0.25, 0.3) is 0 Å². The molecule has 0 saturated carbocycles. The standard InChI is InChI=1S/C18H20N2O2/c21-18(16-11-12-22-14-16)19-20(17-9-5-2-6-10-17)13-15-7-3-1-4-8-15/h1-10,16H,11-14H2,(H,19,21)/t16-/m0/s1. The molecule has 1 aliphatic rings. The van der Waals surface area contributed by atoms with Crippen molar-refractivity contribution in [3.63, 3.8) is 0 Å². The van der Waals surface area contributed by atoms with Crippen molar-refractivity contribution in [1.82, 2.24) is 5.43 Å². The number of benzene rings is 2. The molecule has 0 bridgehead atoms. The summed E-state index contributed by atoms with van der Waals surface area (Å²) in [5.41, 5.74) is 5.16. The number of hydrogen-bond donors (Lipinski definition) is 1. The van der Waals surface area contributed by atoms with Crippen LogP contribution in [0.5, 0.6) is 0 Å². The molecule has 1 aliphatic heterocycles. The lowest BCUT2D eigenvalue weighted by molar-refractivity contribution is -0.125. The average Bonchev–Trinajstić information content (AvgIpc) is 3.11. The van der Waals surface area contributed by atoms with Crippen LogP contribution in [0.2, 0.25) is 0 Å². The molecule has 22 heavy (non-hydrogen) atoms. The molecule has 4 heteroatoms. The van der Waals surface area contributed by atoms with E-state index in [4.69, 9.17) is 4.74 Å². The van der Waals surface area contributed by atoms with Gasteiger partial charge in [-0.05, 0) is 24.1 Å². The summed E-state index contributed by atoms with van der Waals surface area (Å²) in [5, 5.41) is 1.90. The molecular weight excluding hydrogens is 276 g/mol. The van der Waals surface area contributed by atoms with E-state index in [-0.39, 0.29) is 11.8 Å². The van der Waals surface area contributed by atoms with Gasteiger partial charge in [-0.3, -0.25) is 15.2 Å². The van der Waals surface area contributed by atoms with Gasteiger partial charge in [-0.25, -0.2) is 0 Å². The minimum Gasteiger partial charge on any atom is -0.381 e. The fourth-order valence-electron chi connectivity index (χ4n) is 2.53. The number of nitrogens with one attached hydrogen (secondary N) is 1. The van der Waals surface area contributed by atoms with Gasteiger partial charge in [0.2, 0.25) is 5.91 Å². The summed E-state index contributed by atoms with van der Waals surface area (Å²) in [5.74, 6) is -0.0285. The molecule has 0 unspecified atom stereocenters. The zero-order valence-electron chi connectivity index (χ0n) is 12.4. The van der Waals surface area contributed by atoms with Crippen LogP contribution in [0.3, 0.4) is 0 Å². The number of anilines is 1. The van der Waals surface area contributed by atoms with Gasteiger partial charge in [0.1, 0.15) is 0 Å². The number of ether oxygens (including phenoxy) is 1. The highest BCUT2D eigenvalue weighted by Gasteiger charge is 2.25. The second-order valence-corrected chi connectivity index (χ2v) is 5.44. The highest BCUT2D eigenvalue weighted by molar-refractivity contribution is 5.80. The summed E-state index contributed by atoms with van der Waals surface area (Å²) in [7, 11) is 0. The molecule has 2 aromatic carbocycles. The lowest BCUT2D eigenvalue weighted by atomic mass is 10.1. The molecule has 1 saturated heterocycles. The van der Waals surface area contributed by atoms with E-state index in [1.54, 1.807) is 0 Å². The van der Waals surface area contributed by atoms with Crippen LogP contribution in [-0.4, -0.2) is 19.1 Å². The van der Waals surface area contributed by atoms with E-state index in [1.165, 1.54) is 0 Å². The predicted octanol–water partition coefficient (Wildman–Crippen LogP) is 2.76. The largest absolute Gasteiger partial charge is 0.381 e. The third-order valence-electron chi connectivity index (χ3n) is 3.80. The molecule has 1 heterocycles. The van der Waals surface area contributed by atoms with Crippen LogP contribution in [-0.2, 0) is 16.1 Å². The Bertz CT molecular complexity index is 595. The minimum atomic E-state index is -0.0537. The number of para-hydroxylation sites is 1. The molecule has 0 aromatic heterocycles. The van der Waals surface area contributed by atoms with E-state index in [0.29, 0.717) is 19.8 Å². The lowest BCUT2D eigenvalue weighted by Gasteiger charge is -2.26. The van der Waals surface area contributed by atoms with Crippen molar-refractivity contribution in [2.45, 2.75) is 13.0 Å². The highest BCUT2D eigenvalue weighted by Crippen LogP contribution is 2.17. The molecule has 1 fully saturated rings. The third kappa shape index (κ3) is 3.65.